The number of benzene rings is 2. The van der Waals surface area contributed by atoms with Crippen LogP contribution in [0, 0.1) is 12.8 Å². The molecule has 0 unspecified atom stereocenters. The van der Waals surface area contributed by atoms with E-state index in [2.05, 4.69) is 41.4 Å². The van der Waals surface area contributed by atoms with Crippen LogP contribution in [-0.2, 0) is 13.0 Å². The quantitative estimate of drug-likeness (QED) is 0.786. The number of hydrogen-bond acceptors (Lipinski definition) is 2. The van der Waals surface area contributed by atoms with Gasteiger partial charge in [-0.3, -0.25) is 0 Å². The van der Waals surface area contributed by atoms with Crippen molar-refractivity contribution >= 4 is 6.03 Å². The average molecular weight is 380 g/mol. The number of aryl methyl sites for hydroxylation is 1. The van der Waals surface area contributed by atoms with Crippen LogP contribution in [0.2, 0.25) is 0 Å². The van der Waals surface area contributed by atoms with Gasteiger partial charge in [0, 0.05) is 33.2 Å². The van der Waals surface area contributed by atoms with E-state index in [4.69, 9.17) is 0 Å². The Bertz CT molecular complexity index is 747. The maximum Gasteiger partial charge on any atom is 0.317 e. The molecular weight excluding hydrogens is 346 g/mol. The number of carbonyl (C=O) groups is 1. The first-order chi connectivity index (χ1) is 13.6. The summed E-state index contributed by atoms with van der Waals surface area (Å²) >= 11 is 0. The Morgan fingerprint density at radius 2 is 1.89 bits per heavy atom. The third-order valence-electron chi connectivity index (χ3n) is 5.73. The minimum Gasteiger partial charge on any atom is -0.334 e. The van der Waals surface area contributed by atoms with Crippen molar-refractivity contribution < 1.29 is 4.79 Å². The van der Waals surface area contributed by atoms with Crippen LogP contribution in [-0.4, -0.2) is 49.1 Å². The van der Waals surface area contributed by atoms with Crippen LogP contribution in [0.3, 0.4) is 0 Å². The molecule has 0 saturated carbocycles. The zero-order valence-corrected chi connectivity index (χ0v) is 17.2. The Morgan fingerprint density at radius 3 is 2.68 bits per heavy atom. The monoisotopic (exact) mass is 379 g/mol. The average Bonchev–Trinajstić information content (AvgIpc) is 2.72. The zero-order chi connectivity index (χ0) is 19.8. The number of amides is 2. The molecule has 4 nitrogen and oxygen atoms in total. The topological polar surface area (TPSA) is 35.6 Å². The molecule has 0 aliphatic carbocycles. The fraction of sp³-hybridized carbons (Fsp3) is 0.458. The summed E-state index contributed by atoms with van der Waals surface area (Å²) in [6.07, 6.45) is 3.53. The van der Waals surface area contributed by atoms with Gasteiger partial charge < -0.3 is 15.1 Å². The summed E-state index contributed by atoms with van der Waals surface area (Å²) in [5, 5.41) is 3.03. The van der Waals surface area contributed by atoms with Crippen molar-refractivity contribution in [1.29, 1.82) is 0 Å². The van der Waals surface area contributed by atoms with Crippen LogP contribution in [0.4, 0.5) is 4.79 Å². The Morgan fingerprint density at radius 1 is 1.14 bits per heavy atom. The molecule has 1 heterocycles. The van der Waals surface area contributed by atoms with Gasteiger partial charge in [0.2, 0.25) is 0 Å². The van der Waals surface area contributed by atoms with Gasteiger partial charge in [0.1, 0.15) is 0 Å². The van der Waals surface area contributed by atoms with E-state index < -0.39 is 0 Å². The van der Waals surface area contributed by atoms with Crippen molar-refractivity contribution in [1.82, 2.24) is 15.1 Å². The Labute approximate surface area is 169 Å². The van der Waals surface area contributed by atoms with E-state index in [9.17, 15) is 4.79 Å². The highest BCUT2D eigenvalue weighted by molar-refractivity contribution is 5.73. The molecule has 1 fully saturated rings. The van der Waals surface area contributed by atoms with Crippen LogP contribution in [0.5, 0.6) is 0 Å². The maximum absolute atomic E-state index is 12.4. The lowest BCUT2D eigenvalue weighted by Crippen LogP contribution is -2.44. The Hall–Kier alpha value is -2.33. The highest BCUT2D eigenvalue weighted by Crippen LogP contribution is 2.18. The molecule has 1 aliphatic heterocycles. The first kappa shape index (κ1) is 20.4. The summed E-state index contributed by atoms with van der Waals surface area (Å²) < 4.78 is 0. The van der Waals surface area contributed by atoms with Gasteiger partial charge in [-0.2, -0.15) is 0 Å². The van der Waals surface area contributed by atoms with E-state index in [1.54, 1.807) is 0 Å². The minimum atomic E-state index is 0.0147. The highest BCUT2D eigenvalue weighted by Gasteiger charge is 2.22. The molecule has 2 amide bonds. The smallest absolute Gasteiger partial charge is 0.317 e. The molecule has 0 bridgehead atoms. The first-order valence-corrected chi connectivity index (χ1v) is 10.4. The Balaban J connectivity index is 1.42. The van der Waals surface area contributed by atoms with E-state index in [1.165, 1.54) is 30.5 Å². The standard InChI is InChI=1S/C24H33N3O/c1-20-9-6-7-13-23(20)14-16-27-15-8-12-22(19-27)18-26(2)24(28)25-17-21-10-4-3-5-11-21/h3-7,9-11,13,22H,8,12,14-19H2,1-2H3,(H,25,28)/t22-/m1/s1. The number of nitrogens with zero attached hydrogens (tertiary/aromatic N) is 2. The van der Waals surface area contributed by atoms with Crippen molar-refractivity contribution in [3.05, 3.63) is 71.3 Å². The number of hydrogen-bond donors (Lipinski definition) is 1. The predicted molar refractivity (Wildman–Crippen MR) is 115 cm³/mol. The molecule has 2 aromatic carbocycles. The highest BCUT2D eigenvalue weighted by atomic mass is 16.2. The lowest BCUT2D eigenvalue weighted by atomic mass is 9.97. The molecule has 1 aliphatic rings. The summed E-state index contributed by atoms with van der Waals surface area (Å²) in [7, 11) is 1.91. The van der Waals surface area contributed by atoms with Crippen LogP contribution < -0.4 is 5.32 Å². The fourth-order valence-corrected chi connectivity index (χ4v) is 4.05. The molecule has 2 aromatic rings. The third-order valence-corrected chi connectivity index (χ3v) is 5.73. The maximum atomic E-state index is 12.4. The lowest BCUT2D eigenvalue weighted by molar-refractivity contribution is 0.146. The molecule has 150 valence electrons. The van der Waals surface area contributed by atoms with E-state index in [0.29, 0.717) is 12.5 Å². The van der Waals surface area contributed by atoms with Gasteiger partial charge in [-0.1, -0.05) is 54.6 Å². The number of nitrogens with one attached hydrogen (secondary N) is 1. The third kappa shape index (κ3) is 6.10. The van der Waals surface area contributed by atoms with Crippen molar-refractivity contribution in [3.8, 4) is 0 Å². The summed E-state index contributed by atoms with van der Waals surface area (Å²) in [4.78, 5) is 16.8. The van der Waals surface area contributed by atoms with Gasteiger partial charge in [-0.25, -0.2) is 4.79 Å². The fourth-order valence-electron chi connectivity index (χ4n) is 4.05. The second-order valence-corrected chi connectivity index (χ2v) is 8.01. The molecule has 1 saturated heterocycles. The molecule has 1 N–H and O–H groups in total. The molecule has 3 rings (SSSR count). The largest absolute Gasteiger partial charge is 0.334 e. The predicted octanol–water partition coefficient (Wildman–Crippen LogP) is 4.09. The van der Waals surface area contributed by atoms with Gasteiger partial charge in [0.25, 0.3) is 0 Å². The SMILES string of the molecule is Cc1ccccc1CCN1CCC[C@H](CN(C)C(=O)NCc2ccccc2)C1. The van der Waals surface area contributed by atoms with E-state index in [0.717, 1.165) is 31.6 Å². The summed E-state index contributed by atoms with van der Waals surface area (Å²) in [5.74, 6) is 0.554. The van der Waals surface area contributed by atoms with Crippen molar-refractivity contribution in [2.45, 2.75) is 32.7 Å². The number of rotatable bonds is 7. The van der Waals surface area contributed by atoms with Gasteiger partial charge in [-0.15, -0.1) is 0 Å². The summed E-state index contributed by atoms with van der Waals surface area (Å²) in [6, 6.07) is 18.7. The van der Waals surface area contributed by atoms with Crippen molar-refractivity contribution in [3.63, 3.8) is 0 Å². The normalized spacial score (nSPS) is 17.3. The van der Waals surface area contributed by atoms with Crippen LogP contribution in [0.1, 0.15) is 29.5 Å². The molecule has 1 atom stereocenters. The van der Waals surface area contributed by atoms with Crippen LogP contribution in [0.15, 0.2) is 54.6 Å². The second kappa shape index (κ2) is 10.3. The zero-order valence-electron chi connectivity index (χ0n) is 17.2. The van der Waals surface area contributed by atoms with Crippen molar-refractivity contribution in [2.75, 3.05) is 33.2 Å². The number of carbonyl (C=O) groups excluding carboxylic acids is 1. The first-order valence-electron chi connectivity index (χ1n) is 10.4. The molecule has 28 heavy (non-hydrogen) atoms. The van der Waals surface area contributed by atoms with Gasteiger partial charge >= 0.3 is 6.03 Å². The minimum absolute atomic E-state index is 0.0147. The molecule has 4 heteroatoms. The van der Waals surface area contributed by atoms with Gasteiger partial charge in [-0.05, 0) is 55.3 Å². The van der Waals surface area contributed by atoms with Crippen molar-refractivity contribution in [2.24, 2.45) is 5.92 Å². The number of likely N-dealkylation sites (tertiary alicyclic amines) is 1. The Kier molecular flexibility index (Phi) is 7.49. The second-order valence-electron chi connectivity index (χ2n) is 8.01. The molecular formula is C24H33N3O. The summed E-state index contributed by atoms with van der Waals surface area (Å²) in [5.41, 5.74) is 3.96. The number of urea groups is 1. The van der Waals surface area contributed by atoms with Crippen LogP contribution >= 0.6 is 0 Å². The summed E-state index contributed by atoms with van der Waals surface area (Å²) in [6.45, 7) is 6.95. The molecule has 0 radical (unpaired) electrons. The van der Waals surface area contributed by atoms with Gasteiger partial charge in [0.05, 0.1) is 0 Å². The van der Waals surface area contributed by atoms with Gasteiger partial charge in [0.15, 0.2) is 0 Å². The van der Waals surface area contributed by atoms with Crippen LogP contribution in [0.25, 0.3) is 0 Å². The van der Waals surface area contributed by atoms with E-state index in [-0.39, 0.29) is 6.03 Å². The molecule has 0 aromatic heterocycles. The number of piperidine rings is 1. The van der Waals surface area contributed by atoms with E-state index >= 15 is 0 Å². The van der Waals surface area contributed by atoms with E-state index in [1.807, 2.05) is 42.3 Å². The molecule has 0 spiro atoms. The lowest BCUT2D eigenvalue weighted by Gasteiger charge is -2.34.